The first-order valence-electron chi connectivity index (χ1n) is 11.5. The summed E-state index contributed by atoms with van der Waals surface area (Å²) in [5.41, 5.74) is 4.72. The number of carbonyl (C=O) groups is 1. The number of hydrogen-bond acceptors (Lipinski definition) is 7. The van der Waals surface area contributed by atoms with Crippen LogP contribution in [0.1, 0.15) is 27.3 Å². The zero-order valence-electron chi connectivity index (χ0n) is 20.3. The summed E-state index contributed by atoms with van der Waals surface area (Å²) in [6.07, 6.45) is 4.78. The molecular formula is C26H30N4O4S. The van der Waals surface area contributed by atoms with Gasteiger partial charge in [0, 0.05) is 56.8 Å². The molecule has 0 atom stereocenters. The molecule has 1 aliphatic heterocycles. The smallest absolute Gasteiger partial charge is 0.259 e. The van der Waals surface area contributed by atoms with E-state index < -0.39 is 0 Å². The summed E-state index contributed by atoms with van der Waals surface area (Å²) in [6, 6.07) is 9.32. The molecule has 0 bridgehead atoms. The number of carbonyl (C=O) groups excluding carboxylic acids is 1. The van der Waals surface area contributed by atoms with Crippen molar-refractivity contribution in [3.8, 4) is 11.5 Å². The van der Waals surface area contributed by atoms with Gasteiger partial charge in [-0.05, 0) is 17.7 Å². The van der Waals surface area contributed by atoms with Crippen molar-refractivity contribution in [2.45, 2.75) is 19.5 Å². The summed E-state index contributed by atoms with van der Waals surface area (Å²) in [5.74, 6) is 0.978. The van der Waals surface area contributed by atoms with Gasteiger partial charge in [0.2, 0.25) is 0 Å². The lowest BCUT2D eigenvalue weighted by Crippen LogP contribution is -2.32. The second kappa shape index (κ2) is 11.3. The van der Waals surface area contributed by atoms with E-state index in [1.807, 2.05) is 29.6 Å². The summed E-state index contributed by atoms with van der Waals surface area (Å²) in [5, 5.41) is 1.92. The Balaban J connectivity index is 1.51. The lowest BCUT2D eigenvalue weighted by molar-refractivity contribution is 0.0777. The van der Waals surface area contributed by atoms with E-state index in [0.29, 0.717) is 37.4 Å². The Kier molecular flexibility index (Phi) is 7.99. The zero-order chi connectivity index (χ0) is 24.8. The fourth-order valence-electron chi connectivity index (χ4n) is 4.24. The van der Waals surface area contributed by atoms with E-state index in [0.717, 1.165) is 35.8 Å². The van der Waals surface area contributed by atoms with Crippen molar-refractivity contribution < 1.29 is 14.3 Å². The molecule has 0 radical (unpaired) electrons. The minimum Gasteiger partial charge on any atom is -0.497 e. The van der Waals surface area contributed by atoms with Crippen LogP contribution in [0.25, 0.3) is 6.08 Å². The molecule has 1 amide bonds. The predicted molar refractivity (Wildman–Crippen MR) is 137 cm³/mol. The largest absolute Gasteiger partial charge is 0.497 e. The van der Waals surface area contributed by atoms with Crippen molar-refractivity contribution in [1.29, 1.82) is 0 Å². The highest BCUT2D eigenvalue weighted by atomic mass is 32.1. The normalized spacial score (nSPS) is 13.9. The monoisotopic (exact) mass is 494 g/mol. The van der Waals surface area contributed by atoms with E-state index in [1.54, 1.807) is 29.1 Å². The van der Waals surface area contributed by atoms with Crippen LogP contribution in [0.15, 0.2) is 52.1 Å². The Hall–Kier alpha value is -3.43. The van der Waals surface area contributed by atoms with Gasteiger partial charge in [-0.15, -0.1) is 11.3 Å². The highest BCUT2D eigenvalue weighted by Crippen LogP contribution is 2.25. The SMILES string of the molecule is COc1ccc(C=CCN2CCc3c(C(=O)N(C)Cc4cscn4)c(OC)cc(=O)n3CC2)cc1. The number of benzene rings is 1. The molecule has 0 aliphatic carbocycles. The third-order valence-corrected chi connectivity index (χ3v) is 6.77. The van der Waals surface area contributed by atoms with E-state index in [2.05, 4.69) is 22.0 Å². The molecule has 0 unspecified atom stereocenters. The third kappa shape index (κ3) is 5.80. The molecule has 35 heavy (non-hydrogen) atoms. The molecule has 0 saturated carbocycles. The second-order valence-electron chi connectivity index (χ2n) is 8.39. The topological polar surface area (TPSA) is 76.9 Å². The minimum absolute atomic E-state index is 0.147. The van der Waals surface area contributed by atoms with Crippen LogP contribution in [-0.2, 0) is 19.5 Å². The van der Waals surface area contributed by atoms with Gasteiger partial charge in [0.05, 0.1) is 32.0 Å². The standard InChI is InChI=1S/C26H30N4O4S/c1-28(16-20-17-35-18-27-20)26(32)25-22-10-12-29(13-14-30(22)24(31)15-23(25)34-3)11-4-5-19-6-8-21(33-2)9-7-19/h4-9,15,17-18H,10-14,16H2,1-3H3. The molecule has 3 aromatic rings. The number of rotatable bonds is 8. The Morgan fingerprint density at radius 2 is 1.97 bits per heavy atom. The van der Waals surface area contributed by atoms with Crippen molar-refractivity contribution >= 4 is 23.3 Å². The summed E-state index contributed by atoms with van der Waals surface area (Å²) in [4.78, 5) is 34.5. The van der Waals surface area contributed by atoms with Crippen LogP contribution >= 0.6 is 11.3 Å². The quantitative estimate of drug-likeness (QED) is 0.479. The van der Waals surface area contributed by atoms with Gasteiger partial charge < -0.3 is 18.9 Å². The molecule has 0 saturated heterocycles. The average molecular weight is 495 g/mol. The molecule has 8 nitrogen and oxygen atoms in total. The average Bonchev–Trinajstić information content (AvgIpc) is 3.29. The van der Waals surface area contributed by atoms with Crippen LogP contribution in [0.3, 0.4) is 0 Å². The van der Waals surface area contributed by atoms with Crippen molar-refractivity contribution in [2.75, 3.05) is 40.9 Å². The van der Waals surface area contributed by atoms with Gasteiger partial charge >= 0.3 is 0 Å². The Labute approximate surface area is 209 Å². The number of methoxy groups -OCH3 is 2. The number of ether oxygens (including phenoxy) is 2. The van der Waals surface area contributed by atoms with E-state index in [4.69, 9.17) is 9.47 Å². The maximum absolute atomic E-state index is 13.5. The van der Waals surface area contributed by atoms with Crippen molar-refractivity contribution in [1.82, 2.24) is 19.4 Å². The Morgan fingerprint density at radius 1 is 1.17 bits per heavy atom. The van der Waals surface area contributed by atoms with Gasteiger partial charge in [0.1, 0.15) is 17.1 Å². The van der Waals surface area contributed by atoms with Crippen LogP contribution in [-0.4, -0.2) is 66.2 Å². The van der Waals surface area contributed by atoms with Crippen LogP contribution in [0, 0.1) is 0 Å². The zero-order valence-corrected chi connectivity index (χ0v) is 21.1. The fraction of sp³-hybridized carbons (Fsp3) is 0.346. The number of fused-ring (bicyclic) bond motifs is 1. The van der Waals surface area contributed by atoms with Gasteiger partial charge in [0.25, 0.3) is 11.5 Å². The first-order valence-corrected chi connectivity index (χ1v) is 12.4. The molecule has 1 aromatic carbocycles. The number of hydrogen-bond donors (Lipinski definition) is 0. The highest BCUT2D eigenvalue weighted by Gasteiger charge is 2.27. The first-order chi connectivity index (χ1) is 17.0. The molecule has 0 N–H and O–H groups in total. The summed E-state index contributed by atoms with van der Waals surface area (Å²) >= 11 is 1.50. The molecule has 1 aliphatic rings. The van der Waals surface area contributed by atoms with Crippen molar-refractivity contribution in [3.05, 3.63) is 80.2 Å². The first kappa shape index (κ1) is 24.7. The molecule has 0 fully saturated rings. The summed E-state index contributed by atoms with van der Waals surface area (Å²) < 4.78 is 12.4. The van der Waals surface area contributed by atoms with E-state index in [-0.39, 0.29) is 11.5 Å². The van der Waals surface area contributed by atoms with E-state index >= 15 is 0 Å². The van der Waals surface area contributed by atoms with Crippen LogP contribution in [0.5, 0.6) is 11.5 Å². The van der Waals surface area contributed by atoms with Crippen LogP contribution in [0.4, 0.5) is 0 Å². The highest BCUT2D eigenvalue weighted by molar-refractivity contribution is 7.07. The Bertz CT molecular complexity index is 1240. The molecule has 9 heteroatoms. The minimum atomic E-state index is -0.175. The number of aromatic nitrogens is 2. The molecule has 3 heterocycles. The third-order valence-electron chi connectivity index (χ3n) is 6.14. The van der Waals surface area contributed by atoms with Crippen LogP contribution < -0.4 is 15.0 Å². The van der Waals surface area contributed by atoms with Crippen molar-refractivity contribution in [2.24, 2.45) is 0 Å². The lowest BCUT2D eigenvalue weighted by Gasteiger charge is -2.21. The van der Waals surface area contributed by atoms with Gasteiger partial charge in [-0.25, -0.2) is 4.98 Å². The van der Waals surface area contributed by atoms with Crippen LogP contribution in [0.2, 0.25) is 0 Å². The lowest BCUT2D eigenvalue weighted by atomic mass is 10.1. The van der Waals surface area contributed by atoms with Gasteiger partial charge in [-0.1, -0.05) is 24.3 Å². The molecule has 0 spiro atoms. The predicted octanol–water partition coefficient (Wildman–Crippen LogP) is 3.17. The fourth-order valence-corrected chi connectivity index (χ4v) is 4.79. The molecule has 184 valence electrons. The van der Waals surface area contributed by atoms with Crippen molar-refractivity contribution in [3.63, 3.8) is 0 Å². The number of nitrogens with zero attached hydrogens (tertiary/aromatic N) is 4. The van der Waals surface area contributed by atoms with E-state index in [1.165, 1.54) is 24.5 Å². The molecule has 2 aromatic heterocycles. The Morgan fingerprint density at radius 3 is 2.66 bits per heavy atom. The molecule has 4 rings (SSSR count). The summed E-state index contributed by atoms with van der Waals surface area (Å²) in [6.45, 7) is 3.11. The number of amides is 1. The van der Waals surface area contributed by atoms with Gasteiger partial charge in [-0.2, -0.15) is 0 Å². The van der Waals surface area contributed by atoms with Gasteiger partial charge in [0.15, 0.2) is 0 Å². The molecular weight excluding hydrogens is 464 g/mol. The summed E-state index contributed by atoms with van der Waals surface area (Å²) in [7, 11) is 4.90. The van der Waals surface area contributed by atoms with E-state index in [9.17, 15) is 9.59 Å². The number of pyridine rings is 1. The maximum atomic E-state index is 13.5. The maximum Gasteiger partial charge on any atom is 0.259 e. The number of thiazole rings is 1. The van der Waals surface area contributed by atoms with Gasteiger partial charge in [-0.3, -0.25) is 14.5 Å². The second-order valence-corrected chi connectivity index (χ2v) is 9.11.